The van der Waals surface area contributed by atoms with Crippen LogP contribution in [-0.4, -0.2) is 36.7 Å². The summed E-state index contributed by atoms with van der Waals surface area (Å²) in [5.41, 5.74) is 0.815. The summed E-state index contributed by atoms with van der Waals surface area (Å²) in [6, 6.07) is 11.8. The standard InChI is InChI=1S/C19H22ClN3O3S/c20-16-4-6-18(7-5-16)27(25,26)23-11-8-15(9-12-23)13-19(24)22-14-17-3-1-2-10-21-17/h1-7,10,15H,8-9,11-14H2,(H,22,24). The summed E-state index contributed by atoms with van der Waals surface area (Å²) in [6.45, 7) is 1.25. The molecule has 0 aliphatic carbocycles. The second kappa shape index (κ2) is 8.82. The lowest BCUT2D eigenvalue weighted by Crippen LogP contribution is -2.39. The third-order valence-corrected chi connectivity index (χ3v) is 6.86. The molecule has 2 heterocycles. The number of nitrogens with zero attached hydrogens (tertiary/aromatic N) is 2. The van der Waals surface area contributed by atoms with Crippen LogP contribution in [0.1, 0.15) is 25.0 Å². The molecule has 27 heavy (non-hydrogen) atoms. The molecule has 0 bridgehead atoms. The Morgan fingerprint density at radius 1 is 1.15 bits per heavy atom. The number of pyridine rings is 1. The molecule has 1 amide bonds. The Morgan fingerprint density at radius 3 is 2.48 bits per heavy atom. The molecule has 0 saturated carbocycles. The molecule has 0 unspecified atom stereocenters. The van der Waals surface area contributed by atoms with Gasteiger partial charge in [-0.1, -0.05) is 17.7 Å². The van der Waals surface area contributed by atoms with E-state index < -0.39 is 10.0 Å². The molecule has 1 saturated heterocycles. The van der Waals surface area contributed by atoms with E-state index in [2.05, 4.69) is 10.3 Å². The van der Waals surface area contributed by atoms with Gasteiger partial charge in [-0.15, -0.1) is 0 Å². The third-order valence-electron chi connectivity index (χ3n) is 4.69. The largest absolute Gasteiger partial charge is 0.350 e. The summed E-state index contributed by atoms with van der Waals surface area (Å²) in [7, 11) is -3.51. The highest BCUT2D eigenvalue weighted by Gasteiger charge is 2.30. The van der Waals surface area contributed by atoms with E-state index >= 15 is 0 Å². The Kier molecular flexibility index (Phi) is 6.46. The van der Waals surface area contributed by atoms with Crippen LogP contribution in [0.5, 0.6) is 0 Å². The van der Waals surface area contributed by atoms with E-state index in [1.165, 1.54) is 16.4 Å². The molecule has 3 rings (SSSR count). The fourth-order valence-corrected chi connectivity index (χ4v) is 4.73. The number of amides is 1. The Balaban J connectivity index is 1.48. The normalized spacial score (nSPS) is 16.2. The lowest BCUT2D eigenvalue weighted by Gasteiger charge is -2.31. The van der Waals surface area contributed by atoms with Gasteiger partial charge in [0, 0.05) is 30.7 Å². The lowest BCUT2D eigenvalue weighted by atomic mass is 9.94. The van der Waals surface area contributed by atoms with E-state index in [4.69, 9.17) is 11.6 Å². The van der Waals surface area contributed by atoms with Gasteiger partial charge < -0.3 is 5.32 Å². The number of aromatic nitrogens is 1. The number of hydrogen-bond acceptors (Lipinski definition) is 4. The molecule has 1 N–H and O–H groups in total. The van der Waals surface area contributed by atoms with Crippen molar-refractivity contribution in [1.82, 2.24) is 14.6 Å². The maximum Gasteiger partial charge on any atom is 0.243 e. The van der Waals surface area contributed by atoms with E-state index in [9.17, 15) is 13.2 Å². The van der Waals surface area contributed by atoms with E-state index in [1.54, 1.807) is 18.3 Å². The van der Waals surface area contributed by atoms with E-state index in [-0.39, 0.29) is 16.7 Å². The van der Waals surface area contributed by atoms with Gasteiger partial charge in [-0.3, -0.25) is 9.78 Å². The minimum Gasteiger partial charge on any atom is -0.350 e. The Morgan fingerprint density at radius 2 is 1.85 bits per heavy atom. The van der Waals surface area contributed by atoms with Crippen LogP contribution in [0.4, 0.5) is 0 Å². The smallest absolute Gasteiger partial charge is 0.243 e. The molecular formula is C19H22ClN3O3S. The lowest BCUT2D eigenvalue weighted by molar-refractivity contribution is -0.122. The quantitative estimate of drug-likeness (QED) is 0.798. The van der Waals surface area contributed by atoms with Gasteiger partial charge in [0.15, 0.2) is 0 Å². The number of carbonyl (C=O) groups excluding carboxylic acids is 1. The monoisotopic (exact) mass is 407 g/mol. The SMILES string of the molecule is O=C(CC1CCN(S(=O)(=O)c2ccc(Cl)cc2)CC1)NCc1ccccn1. The first kappa shape index (κ1) is 19.8. The first-order valence-electron chi connectivity index (χ1n) is 8.87. The molecule has 0 atom stereocenters. The molecule has 1 aromatic heterocycles. The zero-order valence-corrected chi connectivity index (χ0v) is 16.4. The third kappa shape index (κ3) is 5.28. The first-order chi connectivity index (χ1) is 12.9. The fourth-order valence-electron chi connectivity index (χ4n) is 3.14. The van der Waals surface area contributed by atoms with E-state index in [0.717, 1.165) is 5.69 Å². The second-order valence-electron chi connectivity index (χ2n) is 6.60. The molecule has 6 nitrogen and oxygen atoms in total. The highest BCUT2D eigenvalue weighted by molar-refractivity contribution is 7.89. The van der Waals surface area contributed by atoms with Crippen LogP contribution in [0.2, 0.25) is 5.02 Å². The molecule has 8 heteroatoms. The number of piperidine rings is 1. The molecule has 1 aromatic carbocycles. The van der Waals surface area contributed by atoms with Crippen molar-refractivity contribution in [3.8, 4) is 0 Å². The maximum atomic E-state index is 12.7. The summed E-state index contributed by atoms with van der Waals surface area (Å²) in [6.07, 6.45) is 3.44. The number of rotatable bonds is 6. The van der Waals surface area contributed by atoms with Crippen molar-refractivity contribution in [3.05, 3.63) is 59.4 Å². The topological polar surface area (TPSA) is 79.4 Å². The van der Waals surface area contributed by atoms with Gasteiger partial charge in [-0.05, 0) is 55.2 Å². The van der Waals surface area contributed by atoms with Crippen LogP contribution in [0, 0.1) is 5.92 Å². The second-order valence-corrected chi connectivity index (χ2v) is 8.98. The molecule has 144 valence electrons. The van der Waals surface area contributed by atoms with Gasteiger partial charge in [0.25, 0.3) is 0 Å². The number of carbonyl (C=O) groups is 1. The number of hydrogen-bond donors (Lipinski definition) is 1. The molecule has 0 radical (unpaired) electrons. The van der Waals surface area contributed by atoms with Gasteiger partial charge in [0.2, 0.25) is 15.9 Å². The number of halogens is 1. The van der Waals surface area contributed by atoms with Crippen LogP contribution < -0.4 is 5.32 Å². The Bertz CT molecular complexity index is 865. The predicted molar refractivity (Wildman–Crippen MR) is 104 cm³/mol. The Labute approximate surface area is 164 Å². The van der Waals surface area contributed by atoms with Gasteiger partial charge in [-0.2, -0.15) is 4.31 Å². The van der Waals surface area contributed by atoms with Crippen molar-refractivity contribution < 1.29 is 13.2 Å². The van der Waals surface area contributed by atoms with Crippen LogP contribution in [0.25, 0.3) is 0 Å². The average Bonchev–Trinajstić information content (AvgIpc) is 2.68. The maximum absolute atomic E-state index is 12.7. The van der Waals surface area contributed by atoms with E-state index in [0.29, 0.717) is 43.9 Å². The highest BCUT2D eigenvalue weighted by atomic mass is 35.5. The van der Waals surface area contributed by atoms with Gasteiger partial charge in [-0.25, -0.2) is 8.42 Å². The summed E-state index contributed by atoms with van der Waals surface area (Å²) in [5.74, 6) is 0.157. The number of sulfonamides is 1. The first-order valence-corrected chi connectivity index (χ1v) is 10.7. The molecule has 0 spiro atoms. The van der Waals surface area contributed by atoms with Crippen molar-refractivity contribution in [1.29, 1.82) is 0 Å². The Hall–Kier alpha value is -1.96. The minimum atomic E-state index is -3.51. The zero-order valence-electron chi connectivity index (χ0n) is 14.8. The summed E-state index contributed by atoms with van der Waals surface area (Å²) in [4.78, 5) is 16.6. The molecular weight excluding hydrogens is 386 g/mol. The van der Waals surface area contributed by atoms with Crippen molar-refractivity contribution in [2.75, 3.05) is 13.1 Å². The predicted octanol–water partition coefficient (Wildman–Crippen LogP) is 2.84. The summed E-state index contributed by atoms with van der Waals surface area (Å²) >= 11 is 5.83. The van der Waals surface area contributed by atoms with Crippen molar-refractivity contribution in [3.63, 3.8) is 0 Å². The van der Waals surface area contributed by atoms with Crippen LogP contribution in [0.15, 0.2) is 53.6 Å². The van der Waals surface area contributed by atoms with Gasteiger partial charge >= 0.3 is 0 Å². The minimum absolute atomic E-state index is 0.0281. The van der Waals surface area contributed by atoms with Crippen molar-refractivity contribution in [2.45, 2.75) is 30.7 Å². The zero-order chi connectivity index (χ0) is 19.3. The van der Waals surface area contributed by atoms with Crippen LogP contribution in [0.3, 0.4) is 0 Å². The van der Waals surface area contributed by atoms with E-state index in [1.807, 2.05) is 18.2 Å². The molecule has 1 fully saturated rings. The number of nitrogens with one attached hydrogen (secondary N) is 1. The fraction of sp³-hybridized carbons (Fsp3) is 0.368. The van der Waals surface area contributed by atoms with Crippen LogP contribution in [-0.2, 0) is 21.4 Å². The van der Waals surface area contributed by atoms with Gasteiger partial charge in [0.05, 0.1) is 17.1 Å². The molecule has 1 aliphatic rings. The summed E-state index contributed by atoms with van der Waals surface area (Å²) < 4.78 is 26.9. The number of benzene rings is 1. The summed E-state index contributed by atoms with van der Waals surface area (Å²) in [5, 5.41) is 3.38. The van der Waals surface area contributed by atoms with Crippen molar-refractivity contribution >= 4 is 27.5 Å². The molecule has 2 aromatic rings. The highest BCUT2D eigenvalue weighted by Crippen LogP contribution is 2.26. The van der Waals surface area contributed by atoms with Crippen LogP contribution >= 0.6 is 11.6 Å². The van der Waals surface area contributed by atoms with Gasteiger partial charge in [0.1, 0.15) is 0 Å². The van der Waals surface area contributed by atoms with Crippen molar-refractivity contribution in [2.24, 2.45) is 5.92 Å². The molecule has 1 aliphatic heterocycles. The average molecular weight is 408 g/mol.